The molecule has 2 aromatic heterocycles. The van der Waals surface area contributed by atoms with Crippen LogP contribution in [-0.4, -0.2) is 15.4 Å². The summed E-state index contributed by atoms with van der Waals surface area (Å²) in [5.41, 5.74) is 2.71. The number of aromatic nitrogens is 2. The van der Waals surface area contributed by atoms with Gasteiger partial charge in [-0.15, -0.1) is 0 Å². The van der Waals surface area contributed by atoms with Crippen LogP contribution >= 0.6 is 0 Å². The molecule has 0 N–H and O–H groups in total. The Morgan fingerprint density at radius 1 is 1.20 bits per heavy atom. The Balaban J connectivity index is 1.77. The van der Waals surface area contributed by atoms with Crippen LogP contribution in [0.15, 0.2) is 59.5 Å². The maximum atomic E-state index is 12.4. The Labute approximate surface area is 145 Å². The Hall–Kier alpha value is -2.95. The molecule has 25 heavy (non-hydrogen) atoms. The first-order chi connectivity index (χ1) is 12.1. The van der Waals surface area contributed by atoms with Gasteiger partial charge in [0.15, 0.2) is 0 Å². The fourth-order valence-electron chi connectivity index (χ4n) is 2.80. The molecule has 5 nitrogen and oxygen atoms in total. The number of rotatable bonds is 5. The van der Waals surface area contributed by atoms with Crippen LogP contribution in [0.4, 0.5) is 0 Å². The highest BCUT2D eigenvalue weighted by molar-refractivity contribution is 5.78. The normalized spacial score (nSPS) is 12.1. The van der Waals surface area contributed by atoms with Crippen LogP contribution in [0.1, 0.15) is 36.1 Å². The highest BCUT2D eigenvalue weighted by Crippen LogP contribution is 2.21. The van der Waals surface area contributed by atoms with E-state index in [0.29, 0.717) is 17.8 Å². The lowest BCUT2D eigenvalue weighted by Gasteiger charge is -2.14. The van der Waals surface area contributed by atoms with E-state index in [-0.39, 0.29) is 24.1 Å². The van der Waals surface area contributed by atoms with Gasteiger partial charge in [0.05, 0.1) is 11.6 Å². The number of hydrogen-bond acceptors (Lipinski definition) is 4. The zero-order valence-corrected chi connectivity index (χ0v) is 14.3. The van der Waals surface area contributed by atoms with Gasteiger partial charge in [-0.3, -0.25) is 14.0 Å². The second-order valence-corrected chi connectivity index (χ2v) is 6.00. The average Bonchev–Trinajstić information content (AvgIpc) is 2.62. The molecule has 128 valence electrons. The molecule has 1 aromatic carbocycles. The second kappa shape index (κ2) is 7.30. The number of benzene rings is 1. The maximum Gasteiger partial charge on any atom is 0.313 e. The Kier molecular flexibility index (Phi) is 4.93. The van der Waals surface area contributed by atoms with E-state index in [2.05, 4.69) is 4.98 Å². The molecule has 0 spiro atoms. The molecule has 0 aliphatic carbocycles. The number of ether oxygens (including phenoxy) is 1. The largest absolute Gasteiger partial charge is 0.459 e. The number of esters is 1. The van der Waals surface area contributed by atoms with E-state index in [1.165, 1.54) is 10.5 Å². The molecule has 1 atom stereocenters. The summed E-state index contributed by atoms with van der Waals surface area (Å²) >= 11 is 0. The van der Waals surface area contributed by atoms with Gasteiger partial charge in [-0.2, -0.15) is 0 Å². The molecule has 3 aromatic rings. The Morgan fingerprint density at radius 3 is 2.68 bits per heavy atom. The highest BCUT2D eigenvalue weighted by Gasteiger charge is 2.20. The van der Waals surface area contributed by atoms with Crippen molar-refractivity contribution in [2.45, 2.75) is 32.8 Å². The van der Waals surface area contributed by atoms with Crippen molar-refractivity contribution >= 4 is 11.6 Å². The Bertz CT molecular complexity index is 948. The highest BCUT2D eigenvalue weighted by atomic mass is 16.5. The van der Waals surface area contributed by atoms with E-state index >= 15 is 0 Å². The van der Waals surface area contributed by atoms with E-state index in [1.54, 1.807) is 12.3 Å². The third-order valence-corrected chi connectivity index (χ3v) is 4.12. The van der Waals surface area contributed by atoms with Crippen molar-refractivity contribution in [3.05, 3.63) is 81.9 Å². The lowest BCUT2D eigenvalue weighted by molar-refractivity contribution is -0.147. The van der Waals surface area contributed by atoms with E-state index < -0.39 is 0 Å². The van der Waals surface area contributed by atoms with Gasteiger partial charge >= 0.3 is 5.97 Å². The molecule has 0 aliphatic rings. The van der Waals surface area contributed by atoms with Gasteiger partial charge in [-0.05, 0) is 30.5 Å². The van der Waals surface area contributed by atoms with Gasteiger partial charge < -0.3 is 4.74 Å². The minimum Gasteiger partial charge on any atom is -0.459 e. The van der Waals surface area contributed by atoms with E-state index in [9.17, 15) is 9.59 Å². The predicted molar refractivity (Wildman–Crippen MR) is 95.5 cm³/mol. The topological polar surface area (TPSA) is 60.7 Å². The first-order valence-electron chi connectivity index (χ1n) is 8.29. The molecule has 5 heteroatoms. The van der Waals surface area contributed by atoms with Gasteiger partial charge in [-0.25, -0.2) is 4.98 Å². The minimum atomic E-state index is -0.314. The summed E-state index contributed by atoms with van der Waals surface area (Å²) in [6, 6.07) is 14.6. The number of aryl methyl sites for hydroxylation is 1. The molecule has 0 saturated carbocycles. The van der Waals surface area contributed by atoms with Gasteiger partial charge in [0.25, 0.3) is 5.56 Å². The SMILES string of the molecule is CC[C@@H](C(=O)OCc1cc(=O)n2cc(C)ccc2n1)c1ccccc1. The van der Waals surface area contributed by atoms with Crippen molar-refractivity contribution in [1.82, 2.24) is 9.38 Å². The third kappa shape index (κ3) is 3.76. The quantitative estimate of drug-likeness (QED) is 0.671. The predicted octanol–water partition coefficient (Wildman–Crippen LogP) is 3.24. The lowest BCUT2D eigenvalue weighted by atomic mass is 9.97. The zero-order chi connectivity index (χ0) is 17.8. The van der Waals surface area contributed by atoms with Crippen molar-refractivity contribution in [3.8, 4) is 0 Å². The summed E-state index contributed by atoms with van der Waals surface area (Å²) in [7, 11) is 0. The standard InChI is InChI=1S/C20H20N2O3/c1-3-17(15-7-5-4-6-8-15)20(24)25-13-16-11-19(23)22-12-14(2)9-10-18(22)21-16/h4-12,17H,3,13H2,1-2H3/t17-/m1/s1. The van der Waals surface area contributed by atoms with Crippen LogP contribution in [0.5, 0.6) is 0 Å². The molecule has 0 bridgehead atoms. The fourth-order valence-corrected chi connectivity index (χ4v) is 2.80. The molecule has 0 aliphatic heterocycles. The summed E-state index contributed by atoms with van der Waals surface area (Å²) in [4.78, 5) is 29.0. The number of carbonyl (C=O) groups excluding carboxylic acids is 1. The molecular formula is C20H20N2O3. The van der Waals surface area contributed by atoms with E-state index in [1.807, 2.05) is 50.2 Å². The molecule has 3 rings (SSSR count). The van der Waals surface area contributed by atoms with Crippen molar-refractivity contribution in [1.29, 1.82) is 0 Å². The van der Waals surface area contributed by atoms with Crippen LogP contribution < -0.4 is 5.56 Å². The second-order valence-electron chi connectivity index (χ2n) is 6.00. The van der Waals surface area contributed by atoms with Crippen molar-refractivity contribution < 1.29 is 9.53 Å². The molecule has 0 amide bonds. The molecular weight excluding hydrogens is 316 g/mol. The van der Waals surface area contributed by atoms with Crippen molar-refractivity contribution in [2.24, 2.45) is 0 Å². The average molecular weight is 336 g/mol. The molecule has 0 saturated heterocycles. The lowest BCUT2D eigenvalue weighted by Crippen LogP contribution is -2.19. The third-order valence-electron chi connectivity index (χ3n) is 4.12. The molecule has 0 fully saturated rings. The van der Waals surface area contributed by atoms with Crippen LogP contribution in [0.25, 0.3) is 5.65 Å². The smallest absolute Gasteiger partial charge is 0.313 e. The first-order valence-corrected chi connectivity index (χ1v) is 8.29. The summed E-state index contributed by atoms with van der Waals surface area (Å²) in [6.07, 6.45) is 2.39. The van der Waals surface area contributed by atoms with Crippen molar-refractivity contribution in [2.75, 3.05) is 0 Å². The minimum absolute atomic E-state index is 0.0121. The Morgan fingerprint density at radius 2 is 1.96 bits per heavy atom. The molecule has 0 radical (unpaired) electrons. The number of hydrogen-bond donors (Lipinski definition) is 0. The fraction of sp³-hybridized carbons (Fsp3) is 0.250. The number of carbonyl (C=O) groups is 1. The number of fused-ring (bicyclic) bond motifs is 1. The zero-order valence-electron chi connectivity index (χ0n) is 14.3. The van der Waals surface area contributed by atoms with Crippen molar-refractivity contribution in [3.63, 3.8) is 0 Å². The number of nitrogens with zero attached hydrogens (tertiary/aromatic N) is 2. The van der Waals surface area contributed by atoms with Gasteiger partial charge in [0.2, 0.25) is 0 Å². The van der Waals surface area contributed by atoms with Crippen LogP contribution in [0.3, 0.4) is 0 Å². The van der Waals surface area contributed by atoms with Crippen LogP contribution in [0, 0.1) is 6.92 Å². The van der Waals surface area contributed by atoms with Gasteiger partial charge in [-0.1, -0.05) is 43.3 Å². The maximum absolute atomic E-state index is 12.4. The summed E-state index contributed by atoms with van der Waals surface area (Å²) in [6.45, 7) is 3.85. The van der Waals surface area contributed by atoms with E-state index in [4.69, 9.17) is 4.74 Å². The summed E-state index contributed by atoms with van der Waals surface area (Å²) in [5, 5.41) is 0. The monoisotopic (exact) mass is 336 g/mol. The van der Waals surface area contributed by atoms with Crippen LogP contribution in [-0.2, 0) is 16.1 Å². The molecule has 0 unspecified atom stereocenters. The first kappa shape index (κ1) is 16.9. The molecule has 2 heterocycles. The van der Waals surface area contributed by atoms with Gasteiger partial charge in [0.1, 0.15) is 12.3 Å². The summed E-state index contributed by atoms with van der Waals surface area (Å²) in [5.74, 6) is -0.620. The van der Waals surface area contributed by atoms with Crippen LogP contribution in [0.2, 0.25) is 0 Å². The summed E-state index contributed by atoms with van der Waals surface area (Å²) < 4.78 is 6.90. The van der Waals surface area contributed by atoms with E-state index in [0.717, 1.165) is 11.1 Å². The number of pyridine rings is 1. The van der Waals surface area contributed by atoms with Gasteiger partial charge in [0, 0.05) is 12.3 Å².